The van der Waals surface area contributed by atoms with Gasteiger partial charge >= 0.3 is 0 Å². The van der Waals surface area contributed by atoms with E-state index in [1.807, 2.05) is 30.0 Å². The summed E-state index contributed by atoms with van der Waals surface area (Å²) in [5, 5.41) is 4.04. The Bertz CT molecular complexity index is 1800. The fourth-order valence-electron chi connectivity index (χ4n) is 6.53. The molecule has 2 heterocycles. The van der Waals surface area contributed by atoms with Crippen LogP contribution in [0.25, 0.3) is 11.1 Å². The van der Waals surface area contributed by atoms with Crippen molar-refractivity contribution in [1.29, 1.82) is 0 Å². The first-order valence-corrected chi connectivity index (χ1v) is 22.5. The summed E-state index contributed by atoms with van der Waals surface area (Å²) in [5.74, 6) is 1.00. The molecule has 5 rings (SSSR count). The highest BCUT2D eigenvalue weighted by Gasteiger charge is 2.49. The molecule has 1 spiro atoms. The van der Waals surface area contributed by atoms with Gasteiger partial charge in [-0.15, -0.1) is 0 Å². The van der Waals surface area contributed by atoms with Crippen LogP contribution in [0.4, 0.5) is 10.3 Å². The first kappa shape index (κ1) is 36.9. The second-order valence-corrected chi connectivity index (χ2v) is 21.9. The van der Waals surface area contributed by atoms with Gasteiger partial charge in [-0.05, 0) is 62.8 Å². The van der Waals surface area contributed by atoms with Gasteiger partial charge in [0.2, 0.25) is 5.88 Å². The third-order valence-electron chi connectivity index (χ3n) is 10.1. The molecule has 0 saturated heterocycles. The quantitative estimate of drug-likeness (QED) is 0.117. The van der Waals surface area contributed by atoms with Gasteiger partial charge in [-0.25, -0.2) is 12.7 Å². The number of carbonyl (C=O) groups is 1. The van der Waals surface area contributed by atoms with Gasteiger partial charge in [0.25, 0.3) is 15.9 Å². The molecule has 1 fully saturated rings. The van der Waals surface area contributed by atoms with Gasteiger partial charge in [-0.1, -0.05) is 87.4 Å². The van der Waals surface area contributed by atoms with Crippen molar-refractivity contribution < 1.29 is 26.9 Å². The normalized spacial score (nSPS) is 16.9. The number of nitrogens with zero attached hydrogens (tertiary/aromatic N) is 4. The van der Waals surface area contributed by atoms with E-state index in [9.17, 15) is 17.6 Å². The number of alkyl halides is 1. The van der Waals surface area contributed by atoms with Crippen LogP contribution < -0.4 is 4.31 Å². The van der Waals surface area contributed by atoms with Crippen molar-refractivity contribution >= 4 is 35.7 Å². The summed E-state index contributed by atoms with van der Waals surface area (Å²) in [6, 6.07) is 12.4. The number of sulfonamides is 1. The van der Waals surface area contributed by atoms with Gasteiger partial charge in [0, 0.05) is 29.7 Å². The number of aryl methyl sites for hydroxylation is 2. The Labute approximate surface area is 292 Å². The number of aliphatic imine (C=N–C) groups is 1. The third kappa shape index (κ3) is 7.56. The van der Waals surface area contributed by atoms with E-state index in [1.54, 1.807) is 38.1 Å². The Balaban J connectivity index is 1.52. The van der Waals surface area contributed by atoms with Crippen LogP contribution >= 0.6 is 0 Å². The first-order valence-electron chi connectivity index (χ1n) is 17.5. The Hall–Kier alpha value is -3.35. The summed E-state index contributed by atoms with van der Waals surface area (Å²) < 4.78 is 56.3. The van der Waals surface area contributed by atoms with E-state index in [1.165, 1.54) is 0 Å². The summed E-state index contributed by atoms with van der Waals surface area (Å²) in [7, 11) is -6.01. The fourth-order valence-corrected chi connectivity index (χ4v) is 8.64. The van der Waals surface area contributed by atoms with Gasteiger partial charge in [-0.3, -0.25) is 19.1 Å². The molecule has 1 aliphatic carbocycles. The minimum atomic E-state index is -4.25. The highest BCUT2D eigenvalue weighted by atomic mass is 32.2. The zero-order chi connectivity index (χ0) is 35.6. The number of hydrogen-bond donors (Lipinski definition) is 0. The number of rotatable bonds is 15. The SMILES string of the molecule is CCCCC1=NC2(CCCC2)C(=O)N1Cc1ccc(-c2ccccc2S(=O)(=O)N(COC(C)[Si](C)(C)C)c2onc(C)c2C)c(CCF)c1. The van der Waals surface area contributed by atoms with Crippen LogP contribution in [-0.4, -0.2) is 63.0 Å². The highest BCUT2D eigenvalue weighted by molar-refractivity contribution is 7.93. The number of halogens is 1. The topological polar surface area (TPSA) is 105 Å². The second-order valence-electron chi connectivity index (χ2n) is 14.5. The van der Waals surface area contributed by atoms with E-state index in [2.05, 4.69) is 31.7 Å². The average molecular weight is 711 g/mol. The fraction of sp³-hybridized carbons (Fsp3) is 0.541. The molecule has 2 aromatic carbocycles. The van der Waals surface area contributed by atoms with E-state index in [4.69, 9.17) is 14.3 Å². The Morgan fingerprint density at radius 3 is 2.43 bits per heavy atom. The Morgan fingerprint density at radius 2 is 1.80 bits per heavy atom. The van der Waals surface area contributed by atoms with Gasteiger partial charge in [-0.2, -0.15) is 0 Å². The molecule has 3 aromatic rings. The van der Waals surface area contributed by atoms with Crippen molar-refractivity contribution in [3.8, 4) is 11.1 Å². The minimum Gasteiger partial charge on any atom is -0.360 e. The highest BCUT2D eigenvalue weighted by Crippen LogP contribution is 2.41. The molecule has 0 radical (unpaired) electrons. The lowest BCUT2D eigenvalue weighted by molar-refractivity contribution is -0.131. The standard InChI is InChI=1S/C37H51FN4O5SSi/c1-8-9-16-34-39-37(20-12-13-21-37)36(43)41(34)24-29-17-18-31(30(23-29)19-22-38)32-14-10-11-15-33(32)48(44,45)42(25-46-28(4)49(5,6)7)35-26(2)27(3)40-47-35/h10-11,14-15,17-18,23,28H,8-9,12-13,16,19-22,24-25H2,1-7H3. The van der Waals surface area contributed by atoms with Gasteiger partial charge in [0.15, 0.2) is 0 Å². The number of carbonyl (C=O) groups excluding carboxylic acids is 1. The molecule has 1 aliphatic heterocycles. The lowest BCUT2D eigenvalue weighted by atomic mass is 9.95. The minimum absolute atomic E-state index is 0.0486. The number of amidine groups is 1. The van der Waals surface area contributed by atoms with E-state index in [-0.39, 0.29) is 35.6 Å². The summed E-state index contributed by atoms with van der Waals surface area (Å²) in [6.45, 7) is 13.6. The van der Waals surface area contributed by atoms with Crippen LogP contribution in [0, 0.1) is 13.8 Å². The molecule has 1 aromatic heterocycles. The predicted molar refractivity (Wildman–Crippen MR) is 195 cm³/mol. The Kier molecular flexibility index (Phi) is 11.2. The number of amides is 1. The Morgan fingerprint density at radius 1 is 1.08 bits per heavy atom. The van der Waals surface area contributed by atoms with Crippen LogP contribution in [0.15, 0.2) is 56.9 Å². The summed E-state index contributed by atoms with van der Waals surface area (Å²) in [5.41, 5.74) is 2.99. The number of unbranched alkanes of at least 4 members (excludes halogenated alkanes) is 1. The lowest BCUT2D eigenvalue weighted by Crippen LogP contribution is -2.42. The van der Waals surface area contributed by atoms with Crippen molar-refractivity contribution in [2.75, 3.05) is 17.7 Å². The van der Waals surface area contributed by atoms with Crippen molar-refractivity contribution in [2.24, 2.45) is 4.99 Å². The third-order valence-corrected chi connectivity index (χ3v) is 14.5. The lowest BCUT2D eigenvalue weighted by Gasteiger charge is -2.29. The molecule has 1 amide bonds. The maximum Gasteiger partial charge on any atom is 0.269 e. The summed E-state index contributed by atoms with van der Waals surface area (Å²) in [4.78, 5) is 20.7. The van der Waals surface area contributed by atoms with Crippen LogP contribution in [0.2, 0.25) is 19.6 Å². The van der Waals surface area contributed by atoms with Gasteiger partial charge in [0.1, 0.15) is 18.1 Å². The molecule has 1 unspecified atom stereocenters. The zero-order valence-corrected chi connectivity index (χ0v) is 31.8. The smallest absolute Gasteiger partial charge is 0.269 e. The van der Waals surface area contributed by atoms with E-state index < -0.39 is 30.3 Å². The molecule has 0 N–H and O–H groups in total. The molecule has 9 nitrogen and oxygen atoms in total. The molecule has 266 valence electrons. The van der Waals surface area contributed by atoms with Crippen molar-refractivity contribution in [2.45, 2.75) is 121 Å². The summed E-state index contributed by atoms with van der Waals surface area (Å²) >= 11 is 0. The molecular weight excluding hydrogens is 660 g/mol. The van der Waals surface area contributed by atoms with Crippen molar-refractivity contribution in [3.63, 3.8) is 0 Å². The van der Waals surface area contributed by atoms with Crippen LogP contribution in [0.5, 0.6) is 0 Å². The zero-order valence-electron chi connectivity index (χ0n) is 30.0. The van der Waals surface area contributed by atoms with E-state index in [0.717, 1.165) is 60.7 Å². The monoisotopic (exact) mass is 710 g/mol. The van der Waals surface area contributed by atoms with Crippen molar-refractivity contribution in [3.05, 3.63) is 64.8 Å². The maximum atomic E-state index is 14.6. The molecule has 49 heavy (non-hydrogen) atoms. The predicted octanol–water partition coefficient (Wildman–Crippen LogP) is 8.15. The molecule has 1 saturated carbocycles. The molecule has 0 bridgehead atoms. The number of aromatic nitrogens is 1. The molecule has 12 heteroatoms. The van der Waals surface area contributed by atoms with Crippen LogP contribution in [0.1, 0.15) is 81.2 Å². The molecule has 2 aliphatic rings. The molecule has 1 atom stereocenters. The number of benzene rings is 2. The van der Waals surface area contributed by atoms with Gasteiger partial charge in [0.05, 0.1) is 31.9 Å². The van der Waals surface area contributed by atoms with Crippen molar-refractivity contribution in [1.82, 2.24) is 10.1 Å². The number of hydrogen-bond acceptors (Lipinski definition) is 7. The van der Waals surface area contributed by atoms with E-state index >= 15 is 0 Å². The average Bonchev–Trinajstić information content (AvgIpc) is 3.74. The van der Waals surface area contributed by atoms with E-state index in [0.29, 0.717) is 34.5 Å². The van der Waals surface area contributed by atoms with Crippen LogP contribution in [0.3, 0.4) is 0 Å². The van der Waals surface area contributed by atoms with Gasteiger partial charge < -0.3 is 9.26 Å². The number of anilines is 1. The first-order chi connectivity index (χ1) is 23.2. The largest absolute Gasteiger partial charge is 0.360 e. The maximum absolute atomic E-state index is 14.6. The molecular formula is C37H51FN4O5SSi. The van der Waals surface area contributed by atoms with Crippen LogP contribution in [-0.2, 0) is 32.5 Å². The second kappa shape index (κ2) is 14.9. The summed E-state index contributed by atoms with van der Waals surface area (Å²) in [6.07, 6.45) is 6.34. The number of ether oxygens (including phenoxy) is 1.